The average molecular weight is 252 g/mol. The van der Waals surface area contributed by atoms with Gasteiger partial charge in [-0.25, -0.2) is 4.79 Å². The first kappa shape index (κ1) is 14.1. The molecule has 1 aromatic rings. The predicted molar refractivity (Wildman–Crippen MR) is 64.6 cm³/mol. The van der Waals surface area contributed by atoms with Crippen molar-refractivity contribution in [2.75, 3.05) is 6.61 Å². The van der Waals surface area contributed by atoms with Crippen LogP contribution in [0.25, 0.3) is 0 Å². The molecule has 0 saturated heterocycles. The largest absolute Gasteiger partial charge is 0.480 e. The van der Waals surface area contributed by atoms with Crippen LogP contribution >= 0.6 is 0 Å². The van der Waals surface area contributed by atoms with Crippen LogP contribution in [0.1, 0.15) is 18.0 Å². The Morgan fingerprint density at radius 2 is 1.89 bits per heavy atom. The molecule has 0 aliphatic carbocycles. The summed E-state index contributed by atoms with van der Waals surface area (Å²) < 4.78 is 0. The maximum absolute atomic E-state index is 11.8. The molecule has 0 aliphatic rings. The molecule has 0 saturated carbocycles. The number of benzene rings is 1. The van der Waals surface area contributed by atoms with Gasteiger partial charge in [-0.1, -0.05) is 30.3 Å². The number of carbonyl (C=O) groups is 2. The summed E-state index contributed by atoms with van der Waals surface area (Å²) >= 11 is 0. The van der Waals surface area contributed by atoms with E-state index in [1.807, 2.05) is 0 Å². The Morgan fingerprint density at radius 1 is 1.28 bits per heavy atom. The van der Waals surface area contributed by atoms with Crippen LogP contribution in [0, 0.1) is 0 Å². The van der Waals surface area contributed by atoms with Gasteiger partial charge in [0.2, 0.25) is 5.91 Å². The topological polar surface area (TPSA) is 113 Å². The van der Waals surface area contributed by atoms with E-state index in [2.05, 4.69) is 5.32 Å². The van der Waals surface area contributed by atoms with Crippen molar-refractivity contribution < 1.29 is 19.8 Å². The van der Waals surface area contributed by atoms with Gasteiger partial charge < -0.3 is 21.3 Å². The minimum absolute atomic E-state index is 0.0530. The highest BCUT2D eigenvalue weighted by Gasteiger charge is 2.23. The van der Waals surface area contributed by atoms with E-state index in [1.165, 1.54) is 0 Å². The van der Waals surface area contributed by atoms with Crippen LogP contribution in [0.3, 0.4) is 0 Å². The maximum atomic E-state index is 11.8. The lowest BCUT2D eigenvalue weighted by Gasteiger charge is -2.17. The molecule has 2 atom stereocenters. The van der Waals surface area contributed by atoms with Gasteiger partial charge in [-0.2, -0.15) is 0 Å². The predicted octanol–water partition coefficient (Wildman–Crippen LogP) is -0.362. The number of carboxylic acid groups (broad SMARTS) is 1. The summed E-state index contributed by atoms with van der Waals surface area (Å²) in [5.74, 6) is -1.78. The van der Waals surface area contributed by atoms with E-state index in [0.717, 1.165) is 0 Å². The van der Waals surface area contributed by atoms with Crippen LogP contribution in [0.5, 0.6) is 0 Å². The summed E-state index contributed by atoms with van der Waals surface area (Å²) in [7, 11) is 0. The number of nitrogens with two attached hydrogens (primary N) is 1. The number of amides is 1. The van der Waals surface area contributed by atoms with Crippen molar-refractivity contribution in [2.24, 2.45) is 5.73 Å². The lowest BCUT2D eigenvalue weighted by molar-refractivity contribution is -0.142. The van der Waals surface area contributed by atoms with Crippen molar-refractivity contribution >= 4 is 11.9 Å². The highest BCUT2D eigenvalue weighted by atomic mass is 16.4. The number of carbonyl (C=O) groups excluding carboxylic acids is 1. The smallest absolute Gasteiger partial charge is 0.326 e. The zero-order valence-corrected chi connectivity index (χ0v) is 9.74. The monoisotopic (exact) mass is 252 g/mol. The lowest BCUT2D eigenvalue weighted by Crippen LogP contribution is -2.45. The Morgan fingerprint density at radius 3 is 2.39 bits per heavy atom. The molecule has 1 unspecified atom stereocenters. The third kappa shape index (κ3) is 3.83. The SMILES string of the molecule is NC(C(=O)N[C@@H](CCO)C(=O)O)c1ccccc1. The first-order valence-corrected chi connectivity index (χ1v) is 5.51. The van der Waals surface area contributed by atoms with E-state index in [0.29, 0.717) is 5.56 Å². The van der Waals surface area contributed by atoms with E-state index in [9.17, 15) is 9.59 Å². The van der Waals surface area contributed by atoms with Gasteiger partial charge in [0.25, 0.3) is 0 Å². The Bertz CT molecular complexity index is 408. The molecule has 0 spiro atoms. The fourth-order valence-corrected chi connectivity index (χ4v) is 1.46. The molecule has 6 nitrogen and oxygen atoms in total. The minimum atomic E-state index is -1.20. The number of rotatable bonds is 6. The van der Waals surface area contributed by atoms with E-state index in [-0.39, 0.29) is 13.0 Å². The molecule has 18 heavy (non-hydrogen) atoms. The van der Waals surface area contributed by atoms with E-state index >= 15 is 0 Å². The van der Waals surface area contributed by atoms with Gasteiger partial charge in [-0.3, -0.25) is 4.79 Å². The van der Waals surface area contributed by atoms with Crippen molar-refractivity contribution in [1.29, 1.82) is 0 Å². The molecule has 0 bridgehead atoms. The Kier molecular flexibility index (Phi) is 5.29. The molecule has 1 rings (SSSR count). The zero-order valence-electron chi connectivity index (χ0n) is 9.74. The molecule has 98 valence electrons. The summed E-state index contributed by atoms with van der Waals surface area (Å²) in [4.78, 5) is 22.6. The fraction of sp³-hybridized carbons (Fsp3) is 0.333. The number of aliphatic hydroxyl groups is 1. The van der Waals surface area contributed by atoms with Crippen molar-refractivity contribution in [3.8, 4) is 0 Å². The van der Waals surface area contributed by atoms with E-state index < -0.39 is 24.0 Å². The summed E-state index contributed by atoms with van der Waals surface area (Å²) in [5.41, 5.74) is 6.32. The number of hydrogen-bond acceptors (Lipinski definition) is 4. The van der Waals surface area contributed by atoms with Crippen molar-refractivity contribution in [1.82, 2.24) is 5.32 Å². The zero-order chi connectivity index (χ0) is 13.5. The van der Waals surface area contributed by atoms with Gasteiger partial charge in [-0.15, -0.1) is 0 Å². The molecular weight excluding hydrogens is 236 g/mol. The molecule has 1 amide bonds. The van der Waals surface area contributed by atoms with Crippen LogP contribution < -0.4 is 11.1 Å². The summed E-state index contributed by atoms with van der Waals surface area (Å²) in [5, 5.41) is 19.8. The molecular formula is C12H16N2O4. The normalized spacial score (nSPS) is 13.7. The quantitative estimate of drug-likeness (QED) is 0.552. The summed E-state index contributed by atoms with van der Waals surface area (Å²) in [6.07, 6.45) is -0.0530. The summed E-state index contributed by atoms with van der Waals surface area (Å²) in [6, 6.07) is 6.59. The molecule has 0 fully saturated rings. The lowest BCUT2D eigenvalue weighted by atomic mass is 10.1. The Balaban J connectivity index is 2.67. The third-order valence-corrected chi connectivity index (χ3v) is 2.47. The summed E-state index contributed by atoms with van der Waals surface area (Å²) in [6.45, 7) is -0.322. The van der Waals surface area contributed by atoms with Crippen LogP contribution in [-0.2, 0) is 9.59 Å². The number of hydrogen-bond donors (Lipinski definition) is 4. The number of nitrogens with one attached hydrogen (secondary N) is 1. The van der Waals surface area contributed by atoms with Crippen molar-refractivity contribution in [3.63, 3.8) is 0 Å². The number of carboxylic acids is 1. The Hall–Kier alpha value is -1.92. The minimum Gasteiger partial charge on any atom is -0.480 e. The second kappa shape index (κ2) is 6.73. The van der Waals surface area contributed by atoms with Gasteiger partial charge >= 0.3 is 5.97 Å². The highest BCUT2D eigenvalue weighted by Crippen LogP contribution is 2.09. The van der Waals surface area contributed by atoms with Gasteiger partial charge in [0, 0.05) is 13.0 Å². The molecule has 1 aromatic carbocycles. The van der Waals surface area contributed by atoms with Crippen LogP contribution in [0.4, 0.5) is 0 Å². The molecule has 0 heterocycles. The van der Waals surface area contributed by atoms with Crippen LogP contribution in [-0.4, -0.2) is 34.7 Å². The van der Waals surface area contributed by atoms with E-state index in [1.54, 1.807) is 30.3 Å². The first-order valence-electron chi connectivity index (χ1n) is 5.51. The molecule has 0 aromatic heterocycles. The fourth-order valence-electron chi connectivity index (χ4n) is 1.46. The highest BCUT2D eigenvalue weighted by molar-refractivity contribution is 5.87. The first-order chi connectivity index (χ1) is 8.56. The average Bonchev–Trinajstić information content (AvgIpc) is 2.38. The van der Waals surface area contributed by atoms with Gasteiger partial charge in [0.1, 0.15) is 12.1 Å². The van der Waals surface area contributed by atoms with Gasteiger partial charge in [0.15, 0.2) is 0 Å². The van der Waals surface area contributed by atoms with Crippen molar-refractivity contribution in [2.45, 2.75) is 18.5 Å². The maximum Gasteiger partial charge on any atom is 0.326 e. The standard InChI is InChI=1S/C12H16N2O4/c13-10(8-4-2-1-3-5-8)11(16)14-9(6-7-15)12(17)18/h1-5,9-10,15H,6-7,13H2,(H,14,16)(H,17,18)/t9-,10?/m0/s1. The number of aliphatic hydroxyl groups excluding tert-OH is 1. The van der Waals surface area contributed by atoms with Gasteiger partial charge in [0.05, 0.1) is 0 Å². The molecule has 0 aliphatic heterocycles. The second-order valence-electron chi connectivity index (χ2n) is 3.80. The van der Waals surface area contributed by atoms with Crippen LogP contribution in [0.2, 0.25) is 0 Å². The third-order valence-electron chi connectivity index (χ3n) is 2.47. The second-order valence-corrected chi connectivity index (χ2v) is 3.80. The van der Waals surface area contributed by atoms with E-state index in [4.69, 9.17) is 15.9 Å². The Labute approximate surface area is 104 Å². The molecule has 0 radical (unpaired) electrons. The van der Waals surface area contributed by atoms with Crippen LogP contribution in [0.15, 0.2) is 30.3 Å². The molecule has 5 N–H and O–H groups in total. The number of aliphatic carboxylic acids is 1. The van der Waals surface area contributed by atoms with Crippen molar-refractivity contribution in [3.05, 3.63) is 35.9 Å². The van der Waals surface area contributed by atoms with Gasteiger partial charge in [-0.05, 0) is 5.56 Å². The molecule has 6 heteroatoms.